The maximum atomic E-state index is 13.4. The summed E-state index contributed by atoms with van der Waals surface area (Å²) in [5.41, 5.74) is 5.37. The van der Waals surface area contributed by atoms with Crippen LogP contribution in [0, 0.1) is 5.82 Å². The summed E-state index contributed by atoms with van der Waals surface area (Å²) < 4.78 is 13.4. The first-order valence-electron chi connectivity index (χ1n) is 4.32. The van der Waals surface area contributed by atoms with E-state index < -0.39 is 11.4 Å². The fraction of sp³-hybridized carbons (Fsp3) is 0.400. The van der Waals surface area contributed by atoms with Crippen molar-refractivity contribution in [1.82, 2.24) is 0 Å². The minimum absolute atomic E-state index is 0.0743. The van der Waals surface area contributed by atoms with Crippen molar-refractivity contribution in [3.8, 4) is 0 Å². The average molecular weight is 218 g/mol. The van der Waals surface area contributed by atoms with Crippen molar-refractivity contribution < 1.29 is 9.50 Å². The van der Waals surface area contributed by atoms with Crippen LogP contribution in [0.15, 0.2) is 18.2 Å². The summed E-state index contributed by atoms with van der Waals surface area (Å²) in [4.78, 5) is 0. The number of aliphatic hydroxyl groups is 1. The summed E-state index contributed by atoms with van der Waals surface area (Å²) in [7, 11) is 0. The van der Waals surface area contributed by atoms with Gasteiger partial charge in [0.25, 0.3) is 0 Å². The third-order valence-electron chi connectivity index (χ3n) is 2.18. The summed E-state index contributed by atoms with van der Waals surface area (Å²) in [6, 6.07) is 4.36. The molecule has 0 unspecified atom stereocenters. The lowest BCUT2D eigenvalue weighted by molar-refractivity contribution is 0.244. The summed E-state index contributed by atoms with van der Waals surface area (Å²) in [5.74, 6) is -0.434. The Labute approximate surface area is 87.5 Å². The first kappa shape index (κ1) is 11.4. The van der Waals surface area contributed by atoms with E-state index >= 15 is 0 Å². The van der Waals surface area contributed by atoms with E-state index in [1.165, 1.54) is 6.07 Å². The predicted octanol–water partition coefficient (Wildman–Crippen LogP) is 2.04. The van der Waals surface area contributed by atoms with E-state index in [0.29, 0.717) is 17.0 Å². The summed E-state index contributed by atoms with van der Waals surface area (Å²) in [6.07, 6.45) is 0.311. The van der Waals surface area contributed by atoms with E-state index in [0.717, 1.165) is 0 Å². The highest BCUT2D eigenvalue weighted by molar-refractivity contribution is 6.30. The average Bonchev–Trinajstić information content (AvgIpc) is 2.02. The molecule has 1 atom stereocenters. The van der Waals surface area contributed by atoms with Gasteiger partial charge in [0.1, 0.15) is 5.82 Å². The maximum absolute atomic E-state index is 13.4. The van der Waals surface area contributed by atoms with Crippen LogP contribution in [0.5, 0.6) is 0 Å². The van der Waals surface area contributed by atoms with Crippen LogP contribution in [0.3, 0.4) is 0 Å². The topological polar surface area (TPSA) is 46.2 Å². The van der Waals surface area contributed by atoms with Gasteiger partial charge in [0.15, 0.2) is 0 Å². The Bertz CT molecular complexity index is 328. The van der Waals surface area contributed by atoms with Gasteiger partial charge in [-0.2, -0.15) is 0 Å². The van der Waals surface area contributed by atoms with Gasteiger partial charge in [-0.25, -0.2) is 4.39 Å². The van der Waals surface area contributed by atoms with Crippen LogP contribution in [-0.4, -0.2) is 11.7 Å². The Morgan fingerprint density at radius 2 is 2.21 bits per heavy atom. The zero-order valence-corrected chi connectivity index (χ0v) is 8.68. The quantitative estimate of drug-likeness (QED) is 0.814. The molecule has 0 heterocycles. The molecule has 3 N–H and O–H groups in total. The lowest BCUT2D eigenvalue weighted by Gasteiger charge is -2.24. The van der Waals surface area contributed by atoms with Crippen molar-refractivity contribution in [3.05, 3.63) is 34.6 Å². The second kappa shape index (κ2) is 4.26. The number of rotatable bonds is 3. The molecule has 14 heavy (non-hydrogen) atoms. The minimum Gasteiger partial charge on any atom is -0.396 e. The second-order valence-electron chi connectivity index (χ2n) is 3.52. The molecule has 0 aliphatic heterocycles. The van der Waals surface area contributed by atoms with Crippen LogP contribution >= 0.6 is 11.6 Å². The first-order valence-corrected chi connectivity index (χ1v) is 4.70. The number of hydrogen-bond acceptors (Lipinski definition) is 2. The van der Waals surface area contributed by atoms with Crippen LogP contribution < -0.4 is 5.73 Å². The molecule has 0 aliphatic rings. The maximum Gasteiger partial charge on any atom is 0.129 e. The van der Waals surface area contributed by atoms with Gasteiger partial charge in [0, 0.05) is 22.7 Å². The van der Waals surface area contributed by atoms with Crippen molar-refractivity contribution in [2.75, 3.05) is 6.61 Å². The highest BCUT2D eigenvalue weighted by atomic mass is 35.5. The smallest absolute Gasteiger partial charge is 0.129 e. The van der Waals surface area contributed by atoms with Crippen molar-refractivity contribution in [2.24, 2.45) is 5.73 Å². The van der Waals surface area contributed by atoms with Gasteiger partial charge < -0.3 is 10.8 Å². The van der Waals surface area contributed by atoms with Gasteiger partial charge in [-0.15, -0.1) is 0 Å². The molecule has 1 aromatic rings. The minimum atomic E-state index is -0.858. The first-order chi connectivity index (χ1) is 6.47. The molecule has 0 fully saturated rings. The normalized spacial score (nSPS) is 15.2. The fourth-order valence-electron chi connectivity index (χ4n) is 1.32. The van der Waals surface area contributed by atoms with Crippen LogP contribution in [-0.2, 0) is 5.54 Å². The molecule has 1 aromatic carbocycles. The van der Waals surface area contributed by atoms with Gasteiger partial charge >= 0.3 is 0 Å². The monoisotopic (exact) mass is 217 g/mol. The van der Waals surface area contributed by atoms with Gasteiger partial charge in [-0.1, -0.05) is 17.7 Å². The number of nitrogens with two attached hydrogens (primary N) is 1. The highest BCUT2D eigenvalue weighted by Crippen LogP contribution is 2.26. The van der Waals surface area contributed by atoms with E-state index in [4.69, 9.17) is 22.4 Å². The van der Waals surface area contributed by atoms with Crippen LogP contribution in [0.2, 0.25) is 5.02 Å². The van der Waals surface area contributed by atoms with E-state index in [9.17, 15) is 4.39 Å². The van der Waals surface area contributed by atoms with Gasteiger partial charge in [0.05, 0.1) is 0 Å². The molecule has 0 aliphatic carbocycles. The van der Waals surface area contributed by atoms with Crippen LogP contribution in [0.1, 0.15) is 18.9 Å². The van der Waals surface area contributed by atoms with E-state index in [-0.39, 0.29) is 6.61 Å². The third-order valence-corrected chi connectivity index (χ3v) is 2.41. The Morgan fingerprint density at radius 3 is 2.71 bits per heavy atom. The SMILES string of the molecule is C[C@](N)(CCO)c1ccc(Cl)cc1F. The Kier molecular flexibility index (Phi) is 3.48. The highest BCUT2D eigenvalue weighted by Gasteiger charge is 2.23. The van der Waals surface area contributed by atoms with Crippen molar-refractivity contribution in [1.29, 1.82) is 0 Å². The third kappa shape index (κ3) is 2.44. The standard InChI is InChI=1S/C10H13ClFNO/c1-10(13,4-5-14)8-3-2-7(11)6-9(8)12/h2-3,6,14H,4-5,13H2,1H3/t10-/m0/s1. The molecule has 78 valence electrons. The second-order valence-corrected chi connectivity index (χ2v) is 3.95. The molecule has 0 amide bonds. The molecule has 0 spiro atoms. The molecule has 0 aromatic heterocycles. The van der Waals surface area contributed by atoms with Gasteiger partial charge in [-0.3, -0.25) is 0 Å². The molecular formula is C10H13ClFNO. The van der Waals surface area contributed by atoms with Crippen molar-refractivity contribution in [3.63, 3.8) is 0 Å². The molecule has 0 saturated carbocycles. The lowest BCUT2D eigenvalue weighted by atomic mass is 9.90. The van der Waals surface area contributed by atoms with Crippen LogP contribution in [0.4, 0.5) is 4.39 Å². The number of hydrogen-bond donors (Lipinski definition) is 2. The molecule has 4 heteroatoms. The molecular weight excluding hydrogens is 205 g/mol. The van der Waals surface area contributed by atoms with Gasteiger partial charge in [0.2, 0.25) is 0 Å². The number of benzene rings is 1. The summed E-state index contributed by atoms with van der Waals surface area (Å²) in [6.45, 7) is 1.60. The van der Waals surface area contributed by atoms with E-state index in [1.54, 1.807) is 19.1 Å². The molecule has 0 bridgehead atoms. The molecule has 0 radical (unpaired) electrons. The predicted molar refractivity (Wildman–Crippen MR) is 54.7 cm³/mol. The Balaban J connectivity index is 3.06. The molecule has 1 rings (SSSR count). The molecule has 2 nitrogen and oxygen atoms in total. The number of halogens is 2. The van der Waals surface area contributed by atoms with Crippen molar-refractivity contribution in [2.45, 2.75) is 18.9 Å². The summed E-state index contributed by atoms with van der Waals surface area (Å²) >= 11 is 5.61. The Hall–Kier alpha value is -0.640. The zero-order chi connectivity index (χ0) is 10.8. The summed E-state index contributed by atoms with van der Waals surface area (Å²) in [5, 5.41) is 9.12. The zero-order valence-electron chi connectivity index (χ0n) is 7.93. The Morgan fingerprint density at radius 1 is 1.57 bits per heavy atom. The molecule has 0 saturated heterocycles. The van der Waals surface area contributed by atoms with Crippen molar-refractivity contribution >= 4 is 11.6 Å². The number of aliphatic hydroxyl groups excluding tert-OH is 1. The van der Waals surface area contributed by atoms with Crippen LogP contribution in [0.25, 0.3) is 0 Å². The van der Waals surface area contributed by atoms with Gasteiger partial charge in [-0.05, 0) is 25.5 Å². The fourth-order valence-corrected chi connectivity index (χ4v) is 1.48. The largest absolute Gasteiger partial charge is 0.396 e. The van der Waals surface area contributed by atoms with E-state index in [1.807, 2.05) is 0 Å². The lowest BCUT2D eigenvalue weighted by Crippen LogP contribution is -2.35. The van der Waals surface area contributed by atoms with E-state index in [2.05, 4.69) is 0 Å².